The van der Waals surface area contributed by atoms with Gasteiger partial charge in [-0.25, -0.2) is 9.37 Å². The molecule has 0 saturated carbocycles. The van der Waals surface area contributed by atoms with Crippen LogP contribution in [0.15, 0.2) is 24.3 Å². The molecule has 2 aromatic rings. The Bertz CT molecular complexity index is 490. The fraction of sp³-hybridized carbons (Fsp3) is 0.333. The lowest BCUT2D eigenvalue weighted by atomic mass is 10.1. The van der Waals surface area contributed by atoms with Gasteiger partial charge < -0.3 is 5.32 Å². The SMILES string of the molecule is CNCc1nc(Cc2ccc(F)cc2)nn1C. The molecule has 0 aliphatic heterocycles. The summed E-state index contributed by atoms with van der Waals surface area (Å²) in [6, 6.07) is 6.41. The molecule has 0 aliphatic carbocycles. The van der Waals surface area contributed by atoms with Crippen molar-refractivity contribution in [3.63, 3.8) is 0 Å². The topological polar surface area (TPSA) is 42.7 Å². The van der Waals surface area contributed by atoms with Crippen LogP contribution >= 0.6 is 0 Å². The van der Waals surface area contributed by atoms with Crippen LogP contribution in [-0.2, 0) is 20.0 Å². The Morgan fingerprint density at radius 2 is 2.00 bits per heavy atom. The maximum absolute atomic E-state index is 12.8. The van der Waals surface area contributed by atoms with Gasteiger partial charge in [0, 0.05) is 13.5 Å². The summed E-state index contributed by atoms with van der Waals surface area (Å²) in [7, 11) is 3.74. The molecule has 0 amide bonds. The number of aryl methyl sites for hydroxylation is 1. The molecule has 1 heterocycles. The fourth-order valence-corrected chi connectivity index (χ4v) is 1.65. The normalized spacial score (nSPS) is 10.8. The molecule has 1 N–H and O–H groups in total. The van der Waals surface area contributed by atoms with Gasteiger partial charge >= 0.3 is 0 Å². The second kappa shape index (κ2) is 5.05. The fourth-order valence-electron chi connectivity index (χ4n) is 1.65. The number of rotatable bonds is 4. The number of nitrogens with one attached hydrogen (secondary N) is 1. The van der Waals surface area contributed by atoms with Crippen LogP contribution in [0.2, 0.25) is 0 Å². The van der Waals surface area contributed by atoms with Gasteiger partial charge in [-0.15, -0.1) is 0 Å². The summed E-state index contributed by atoms with van der Waals surface area (Å²) in [5.41, 5.74) is 1.01. The first-order valence-electron chi connectivity index (χ1n) is 5.47. The summed E-state index contributed by atoms with van der Waals surface area (Å²) >= 11 is 0. The van der Waals surface area contributed by atoms with Crippen LogP contribution in [0.5, 0.6) is 0 Å². The van der Waals surface area contributed by atoms with Crippen molar-refractivity contribution < 1.29 is 4.39 Å². The van der Waals surface area contributed by atoms with E-state index in [4.69, 9.17) is 0 Å². The molecular formula is C12H15FN4. The van der Waals surface area contributed by atoms with E-state index in [2.05, 4.69) is 15.4 Å². The summed E-state index contributed by atoms with van der Waals surface area (Å²) < 4.78 is 14.5. The van der Waals surface area contributed by atoms with Crippen molar-refractivity contribution in [1.29, 1.82) is 0 Å². The molecule has 0 bridgehead atoms. The average molecular weight is 234 g/mol. The summed E-state index contributed by atoms with van der Waals surface area (Å²) in [5.74, 6) is 1.42. The third-order valence-corrected chi connectivity index (χ3v) is 2.51. The first-order chi connectivity index (χ1) is 8.19. The van der Waals surface area contributed by atoms with Crippen molar-refractivity contribution in [2.45, 2.75) is 13.0 Å². The van der Waals surface area contributed by atoms with Gasteiger partial charge in [0.1, 0.15) is 11.6 Å². The van der Waals surface area contributed by atoms with E-state index in [1.165, 1.54) is 12.1 Å². The van der Waals surface area contributed by atoms with Crippen LogP contribution in [-0.4, -0.2) is 21.8 Å². The van der Waals surface area contributed by atoms with Gasteiger partial charge in [-0.2, -0.15) is 5.10 Å². The number of benzene rings is 1. The molecule has 0 radical (unpaired) electrons. The molecule has 1 aromatic heterocycles. The maximum atomic E-state index is 12.8. The minimum absolute atomic E-state index is 0.224. The number of hydrogen-bond acceptors (Lipinski definition) is 3. The van der Waals surface area contributed by atoms with Crippen molar-refractivity contribution in [2.24, 2.45) is 7.05 Å². The van der Waals surface area contributed by atoms with Gasteiger partial charge in [0.05, 0.1) is 6.54 Å². The van der Waals surface area contributed by atoms with E-state index < -0.39 is 0 Å². The maximum Gasteiger partial charge on any atom is 0.155 e. The third kappa shape index (κ3) is 2.88. The van der Waals surface area contributed by atoms with E-state index in [1.807, 2.05) is 14.1 Å². The Hall–Kier alpha value is -1.75. The molecule has 5 heteroatoms. The monoisotopic (exact) mass is 234 g/mol. The lowest BCUT2D eigenvalue weighted by molar-refractivity contribution is 0.627. The predicted octanol–water partition coefficient (Wildman–Crippen LogP) is 1.26. The van der Waals surface area contributed by atoms with Gasteiger partial charge in [0.2, 0.25) is 0 Å². The molecule has 1 aromatic carbocycles. The zero-order valence-corrected chi connectivity index (χ0v) is 9.94. The second-order valence-corrected chi connectivity index (χ2v) is 3.90. The number of halogens is 1. The van der Waals surface area contributed by atoms with E-state index in [0.29, 0.717) is 13.0 Å². The van der Waals surface area contributed by atoms with Crippen molar-refractivity contribution in [3.05, 3.63) is 47.3 Å². The van der Waals surface area contributed by atoms with Gasteiger partial charge in [-0.1, -0.05) is 12.1 Å². The molecule has 0 spiro atoms. The van der Waals surface area contributed by atoms with Crippen LogP contribution in [0.3, 0.4) is 0 Å². The highest BCUT2D eigenvalue weighted by molar-refractivity contribution is 5.19. The minimum atomic E-state index is -0.224. The van der Waals surface area contributed by atoms with Crippen LogP contribution < -0.4 is 5.32 Å². The standard InChI is InChI=1S/C12H15FN4/c1-14-8-12-15-11(16-17(12)2)7-9-3-5-10(13)6-4-9/h3-6,14H,7-8H2,1-2H3. The highest BCUT2D eigenvalue weighted by atomic mass is 19.1. The Morgan fingerprint density at radius 1 is 1.29 bits per heavy atom. The van der Waals surface area contributed by atoms with Crippen molar-refractivity contribution in [1.82, 2.24) is 20.1 Å². The predicted molar refractivity (Wildman–Crippen MR) is 63.0 cm³/mol. The minimum Gasteiger partial charge on any atom is -0.313 e. The molecule has 4 nitrogen and oxygen atoms in total. The average Bonchev–Trinajstić information content (AvgIpc) is 2.63. The Morgan fingerprint density at radius 3 is 2.65 bits per heavy atom. The third-order valence-electron chi connectivity index (χ3n) is 2.51. The molecule has 0 unspecified atom stereocenters. The van der Waals surface area contributed by atoms with Crippen LogP contribution in [0.4, 0.5) is 4.39 Å². The van der Waals surface area contributed by atoms with Gasteiger partial charge in [-0.3, -0.25) is 4.68 Å². The highest BCUT2D eigenvalue weighted by Crippen LogP contribution is 2.08. The Balaban J connectivity index is 2.13. The number of hydrogen-bond donors (Lipinski definition) is 1. The summed E-state index contributed by atoms with van der Waals surface area (Å²) in [4.78, 5) is 4.41. The highest BCUT2D eigenvalue weighted by Gasteiger charge is 2.06. The van der Waals surface area contributed by atoms with E-state index in [-0.39, 0.29) is 5.82 Å². The van der Waals surface area contributed by atoms with E-state index in [9.17, 15) is 4.39 Å². The molecule has 90 valence electrons. The van der Waals surface area contributed by atoms with Crippen molar-refractivity contribution in [2.75, 3.05) is 7.05 Å². The smallest absolute Gasteiger partial charge is 0.155 e. The van der Waals surface area contributed by atoms with Gasteiger partial charge in [-0.05, 0) is 24.7 Å². The number of aromatic nitrogens is 3. The van der Waals surface area contributed by atoms with E-state index in [0.717, 1.165) is 17.2 Å². The van der Waals surface area contributed by atoms with Crippen LogP contribution in [0, 0.1) is 5.82 Å². The largest absolute Gasteiger partial charge is 0.313 e. The van der Waals surface area contributed by atoms with E-state index in [1.54, 1.807) is 16.8 Å². The Kier molecular flexibility index (Phi) is 3.49. The van der Waals surface area contributed by atoms with Crippen LogP contribution in [0.1, 0.15) is 17.2 Å². The van der Waals surface area contributed by atoms with Crippen molar-refractivity contribution >= 4 is 0 Å². The molecule has 0 aliphatic rings. The molecule has 0 fully saturated rings. The molecule has 2 rings (SSSR count). The van der Waals surface area contributed by atoms with Crippen molar-refractivity contribution in [3.8, 4) is 0 Å². The zero-order chi connectivity index (χ0) is 12.3. The summed E-state index contributed by atoms with van der Waals surface area (Å²) in [6.45, 7) is 0.687. The van der Waals surface area contributed by atoms with Crippen LogP contribution in [0.25, 0.3) is 0 Å². The van der Waals surface area contributed by atoms with Gasteiger partial charge in [0.25, 0.3) is 0 Å². The first-order valence-corrected chi connectivity index (χ1v) is 5.47. The lowest BCUT2D eigenvalue weighted by Crippen LogP contribution is -2.10. The quantitative estimate of drug-likeness (QED) is 0.866. The Labute approximate surface area is 99.5 Å². The molecule has 17 heavy (non-hydrogen) atoms. The zero-order valence-electron chi connectivity index (χ0n) is 9.94. The molecule has 0 atom stereocenters. The van der Waals surface area contributed by atoms with Gasteiger partial charge in [0.15, 0.2) is 5.82 Å². The second-order valence-electron chi connectivity index (χ2n) is 3.90. The number of nitrogens with zero attached hydrogens (tertiary/aromatic N) is 3. The summed E-state index contributed by atoms with van der Waals surface area (Å²) in [5, 5.41) is 7.36. The molecule has 0 saturated heterocycles. The first kappa shape index (κ1) is 11.7. The lowest BCUT2D eigenvalue weighted by Gasteiger charge is -1.96. The summed E-state index contributed by atoms with van der Waals surface area (Å²) in [6.07, 6.45) is 0.623. The van der Waals surface area contributed by atoms with E-state index >= 15 is 0 Å². The molecular weight excluding hydrogens is 219 g/mol.